The molecule has 4 aromatic rings. The molecule has 0 aliphatic heterocycles. The molecular weight excluding hydrogens is 540 g/mol. The van der Waals surface area contributed by atoms with Crippen molar-refractivity contribution < 1.29 is 27.5 Å². The number of hydrogen-bond donors (Lipinski definition) is 2. The van der Waals surface area contributed by atoms with E-state index in [1.54, 1.807) is 62.4 Å². The van der Waals surface area contributed by atoms with Crippen LogP contribution >= 0.6 is 0 Å². The molecule has 0 fully saturated rings. The van der Waals surface area contributed by atoms with Crippen molar-refractivity contribution in [2.75, 3.05) is 13.2 Å². The van der Waals surface area contributed by atoms with Gasteiger partial charge in [-0.15, -0.1) is 0 Å². The average Bonchev–Trinajstić information content (AvgIpc) is 3.00. The van der Waals surface area contributed by atoms with Crippen LogP contribution in [-0.2, 0) is 19.7 Å². The van der Waals surface area contributed by atoms with E-state index in [1.807, 2.05) is 60.7 Å². The van der Waals surface area contributed by atoms with Gasteiger partial charge in [-0.25, -0.2) is 9.59 Å². The fourth-order valence-corrected chi connectivity index (χ4v) is 5.58. The summed E-state index contributed by atoms with van der Waals surface area (Å²) in [5.74, 6) is -0.894. The summed E-state index contributed by atoms with van der Waals surface area (Å²) in [6, 6.07) is 30.1. The summed E-state index contributed by atoms with van der Waals surface area (Å²) in [7, 11) is -4.13. The first kappa shape index (κ1) is 29.7. The zero-order valence-corrected chi connectivity index (χ0v) is 23.6. The summed E-state index contributed by atoms with van der Waals surface area (Å²) >= 11 is 0. The van der Waals surface area contributed by atoms with Gasteiger partial charge in [0.05, 0.1) is 36.4 Å². The number of hydrogen-bond acceptors (Lipinski definition) is 6. The Bertz CT molecular complexity index is 1430. The van der Waals surface area contributed by atoms with E-state index in [-0.39, 0.29) is 13.2 Å². The largest absolute Gasteiger partial charge is 0.462 e. The number of carbonyl (C=O) groups is 2. The normalized spacial score (nSPS) is 12.7. The molecule has 0 saturated carbocycles. The van der Waals surface area contributed by atoms with Gasteiger partial charge in [-0.1, -0.05) is 84.9 Å². The van der Waals surface area contributed by atoms with E-state index in [2.05, 4.69) is 9.44 Å². The second kappa shape index (κ2) is 13.8. The van der Waals surface area contributed by atoms with Gasteiger partial charge in [-0.3, -0.25) is 0 Å². The second-order valence-electron chi connectivity index (χ2n) is 9.11. The van der Waals surface area contributed by atoms with Crippen LogP contribution in [0, 0.1) is 0 Å². The fraction of sp³-hybridized carbons (Fsp3) is 0.188. The molecule has 0 bridgehead atoms. The SMILES string of the molecule is CCOC(=O)c1ccc([C@H](NS(=O)(=O)N[C@H](c2ccccc2)c2ccc(C(=O)OCC)cc2)c2ccccc2)cc1. The van der Waals surface area contributed by atoms with E-state index in [9.17, 15) is 18.0 Å². The first-order chi connectivity index (χ1) is 19.8. The van der Waals surface area contributed by atoms with Crippen LogP contribution in [0.15, 0.2) is 109 Å². The number of carbonyl (C=O) groups excluding carboxylic acids is 2. The third-order valence-corrected chi connectivity index (χ3v) is 7.41. The number of nitrogens with one attached hydrogen (secondary N) is 2. The van der Waals surface area contributed by atoms with Crippen molar-refractivity contribution in [1.29, 1.82) is 0 Å². The summed E-state index contributed by atoms with van der Waals surface area (Å²) in [6.07, 6.45) is 0. The van der Waals surface area contributed by atoms with E-state index in [4.69, 9.17) is 9.47 Å². The Morgan fingerprint density at radius 1 is 0.561 bits per heavy atom. The van der Waals surface area contributed by atoms with Crippen LogP contribution in [0.3, 0.4) is 0 Å². The topological polar surface area (TPSA) is 111 Å². The molecule has 0 aliphatic rings. The van der Waals surface area contributed by atoms with Crippen molar-refractivity contribution in [1.82, 2.24) is 9.44 Å². The van der Waals surface area contributed by atoms with E-state index >= 15 is 0 Å². The van der Waals surface area contributed by atoms with Gasteiger partial charge in [-0.2, -0.15) is 17.9 Å². The smallest absolute Gasteiger partial charge is 0.338 e. The molecule has 0 saturated heterocycles. The second-order valence-corrected chi connectivity index (χ2v) is 10.6. The molecule has 8 nitrogen and oxygen atoms in total. The highest BCUT2D eigenvalue weighted by molar-refractivity contribution is 7.87. The summed E-state index contributed by atoms with van der Waals surface area (Å²) in [6.45, 7) is 3.98. The van der Waals surface area contributed by atoms with Gasteiger partial charge in [-0.05, 0) is 60.4 Å². The minimum Gasteiger partial charge on any atom is -0.462 e. The molecule has 4 aromatic carbocycles. The standard InChI is InChI=1S/C32H32N2O6S/c1-3-39-31(35)27-19-15-25(16-20-27)29(23-11-7-5-8-12-23)33-41(37,38)34-30(24-13-9-6-10-14-24)26-17-21-28(22-18-26)32(36)40-4-2/h5-22,29-30,33-34H,3-4H2,1-2H3/t29-,30-/m1/s1. The lowest BCUT2D eigenvalue weighted by molar-refractivity contribution is 0.0516. The highest BCUT2D eigenvalue weighted by Crippen LogP contribution is 2.27. The van der Waals surface area contributed by atoms with Crippen molar-refractivity contribution >= 4 is 22.1 Å². The van der Waals surface area contributed by atoms with Crippen LogP contribution < -0.4 is 9.44 Å². The molecule has 41 heavy (non-hydrogen) atoms. The molecular formula is C32H32N2O6S. The molecule has 2 atom stereocenters. The Morgan fingerprint density at radius 2 is 0.878 bits per heavy atom. The lowest BCUT2D eigenvalue weighted by Gasteiger charge is -2.24. The molecule has 0 spiro atoms. The van der Waals surface area contributed by atoms with Crippen molar-refractivity contribution in [2.45, 2.75) is 25.9 Å². The van der Waals surface area contributed by atoms with Gasteiger partial charge in [0.2, 0.25) is 0 Å². The van der Waals surface area contributed by atoms with Crippen LogP contribution in [0.4, 0.5) is 0 Å². The third-order valence-electron chi connectivity index (χ3n) is 6.32. The first-order valence-corrected chi connectivity index (χ1v) is 14.7. The Labute approximate surface area is 240 Å². The predicted octanol–water partition coefficient (Wildman–Crippen LogP) is 5.34. The van der Waals surface area contributed by atoms with Crippen LogP contribution in [0.2, 0.25) is 0 Å². The Morgan fingerprint density at radius 3 is 1.20 bits per heavy atom. The van der Waals surface area contributed by atoms with Crippen LogP contribution in [0.5, 0.6) is 0 Å². The first-order valence-electron chi connectivity index (χ1n) is 13.2. The van der Waals surface area contributed by atoms with Gasteiger partial charge in [0.1, 0.15) is 0 Å². The zero-order valence-electron chi connectivity index (χ0n) is 22.8. The van der Waals surface area contributed by atoms with Gasteiger partial charge in [0.15, 0.2) is 0 Å². The van der Waals surface area contributed by atoms with Crippen molar-refractivity contribution in [2.24, 2.45) is 0 Å². The van der Waals surface area contributed by atoms with Crippen LogP contribution in [-0.4, -0.2) is 33.6 Å². The highest BCUT2D eigenvalue weighted by Gasteiger charge is 2.26. The summed E-state index contributed by atoms with van der Waals surface area (Å²) in [5.41, 5.74) is 3.47. The molecule has 0 radical (unpaired) electrons. The molecule has 0 heterocycles. The van der Waals surface area contributed by atoms with E-state index in [0.29, 0.717) is 22.3 Å². The van der Waals surface area contributed by atoms with Crippen LogP contribution in [0.1, 0.15) is 68.9 Å². The maximum Gasteiger partial charge on any atom is 0.338 e. The molecule has 0 unspecified atom stereocenters. The number of ether oxygens (including phenoxy) is 2. The quantitative estimate of drug-likeness (QED) is 0.222. The van der Waals surface area contributed by atoms with Crippen molar-refractivity contribution in [3.05, 3.63) is 143 Å². The highest BCUT2D eigenvalue weighted by atomic mass is 32.2. The Kier molecular flexibility index (Phi) is 10.0. The minimum absolute atomic E-state index is 0.257. The molecule has 4 rings (SSSR count). The van der Waals surface area contributed by atoms with Gasteiger partial charge < -0.3 is 9.47 Å². The molecule has 0 aromatic heterocycles. The predicted molar refractivity (Wildman–Crippen MR) is 157 cm³/mol. The average molecular weight is 573 g/mol. The maximum atomic E-state index is 13.7. The monoisotopic (exact) mass is 572 g/mol. The number of benzene rings is 4. The van der Waals surface area contributed by atoms with Crippen molar-refractivity contribution in [3.63, 3.8) is 0 Å². The summed E-state index contributed by atoms with van der Waals surface area (Å²) < 4.78 is 43.1. The van der Waals surface area contributed by atoms with Crippen molar-refractivity contribution in [3.8, 4) is 0 Å². The van der Waals surface area contributed by atoms with E-state index in [0.717, 1.165) is 11.1 Å². The molecule has 2 N–H and O–H groups in total. The van der Waals surface area contributed by atoms with E-state index < -0.39 is 34.2 Å². The summed E-state index contributed by atoms with van der Waals surface area (Å²) in [4.78, 5) is 24.3. The lowest BCUT2D eigenvalue weighted by Crippen LogP contribution is -2.41. The lowest BCUT2D eigenvalue weighted by atomic mass is 9.98. The molecule has 0 amide bonds. The Balaban J connectivity index is 1.65. The van der Waals surface area contributed by atoms with Gasteiger partial charge in [0, 0.05) is 0 Å². The maximum absolute atomic E-state index is 13.7. The van der Waals surface area contributed by atoms with Gasteiger partial charge >= 0.3 is 11.9 Å². The molecule has 0 aliphatic carbocycles. The van der Waals surface area contributed by atoms with Crippen LogP contribution in [0.25, 0.3) is 0 Å². The zero-order chi connectivity index (χ0) is 29.2. The van der Waals surface area contributed by atoms with E-state index in [1.165, 1.54) is 0 Å². The number of esters is 2. The fourth-order valence-electron chi connectivity index (χ4n) is 4.34. The Hall–Kier alpha value is -4.31. The summed E-state index contributed by atoms with van der Waals surface area (Å²) in [5, 5.41) is 0. The molecule has 212 valence electrons. The van der Waals surface area contributed by atoms with Gasteiger partial charge in [0.25, 0.3) is 10.2 Å². The number of rotatable bonds is 12. The minimum atomic E-state index is -4.13. The molecule has 9 heteroatoms. The third kappa shape index (κ3) is 7.88.